The third-order valence-electron chi connectivity index (χ3n) is 5.28. The molecular formula is C22H23ClN6O2. The van der Waals surface area contributed by atoms with Crippen molar-refractivity contribution in [3.63, 3.8) is 0 Å². The molecule has 2 N–H and O–H groups in total. The Labute approximate surface area is 185 Å². The molecule has 1 fully saturated rings. The van der Waals surface area contributed by atoms with Crippen molar-refractivity contribution >= 4 is 29.1 Å². The van der Waals surface area contributed by atoms with Crippen LogP contribution in [-0.4, -0.2) is 47.2 Å². The van der Waals surface area contributed by atoms with Crippen LogP contribution in [0.3, 0.4) is 0 Å². The lowest BCUT2D eigenvalue weighted by Gasteiger charge is -2.39. The molecule has 1 aliphatic heterocycles. The predicted molar refractivity (Wildman–Crippen MR) is 120 cm³/mol. The van der Waals surface area contributed by atoms with E-state index in [1.165, 1.54) is 0 Å². The maximum atomic E-state index is 12.7. The molecule has 1 saturated heterocycles. The quantitative estimate of drug-likeness (QED) is 0.630. The lowest BCUT2D eigenvalue weighted by molar-refractivity contribution is 0.243. The molecule has 31 heavy (non-hydrogen) atoms. The molecule has 0 spiro atoms. The molecule has 160 valence electrons. The average molecular weight is 439 g/mol. The number of nitrogens with zero attached hydrogens (tertiary/aromatic N) is 4. The number of nitrogens with one attached hydrogen (secondary N) is 2. The summed E-state index contributed by atoms with van der Waals surface area (Å²) in [6.07, 6.45) is 7.52. The van der Waals surface area contributed by atoms with Crippen LogP contribution in [0.25, 0.3) is 0 Å². The van der Waals surface area contributed by atoms with Gasteiger partial charge in [0.1, 0.15) is 11.6 Å². The lowest BCUT2D eigenvalue weighted by atomic mass is 9.89. The van der Waals surface area contributed by atoms with Gasteiger partial charge >= 0.3 is 6.03 Å². The Kier molecular flexibility index (Phi) is 6.47. The Morgan fingerprint density at radius 2 is 1.97 bits per heavy atom. The van der Waals surface area contributed by atoms with E-state index in [1.807, 2.05) is 12.1 Å². The summed E-state index contributed by atoms with van der Waals surface area (Å²) in [5.74, 6) is 1.47. The molecule has 1 aliphatic rings. The van der Waals surface area contributed by atoms with Crippen LogP contribution in [0.5, 0.6) is 5.75 Å². The number of carbonyl (C=O) groups is 1. The third kappa shape index (κ3) is 5.21. The van der Waals surface area contributed by atoms with Crippen molar-refractivity contribution in [2.24, 2.45) is 0 Å². The van der Waals surface area contributed by atoms with Crippen molar-refractivity contribution in [2.75, 3.05) is 30.4 Å². The predicted octanol–water partition coefficient (Wildman–Crippen LogP) is 3.72. The van der Waals surface area contributed by atoms with E-state index in [9.17, 15) is 4.79 Å². The zero-order valence-corrected chi connectivity index (χ0v) is 17.8. The fourth-order valence-electron chi connectivity index (χ4n) is 3.69. The van der Waals surface area contributed by atoms with Crippen LogP contribution in [0.1, 0.15) is 18.0 Å². The SMILES string of the molecule is COc1ccc(C2CN(c3cnccn3)CCC2NC(=O)Nc2ccc(Cl)cc2)nc1. The molecule has 4 rings (SSSR count). The number of carbonyl (C=O) groups excluding carboxylic acids is 1. The zero-order valence-electron chi connectivity index (χ0n) is 17.0. The Balaban J connectivity index is 1.51. The van der Waals surface area contributed by atoms with E-state index in [2.05, 4.69) is 30.5 Å². The number of hydrogen-bond donors (Lipinski definition) is 2. The molecule has 3 aromatic rings. The maximum Gasteiger partial charge on any atom is 0.319 e. The van der Waals surface area contributed by atoms with Crippen LogP contribution >= 0.6 is 11.6 Å². The Bertz CT molecular complexity index is 1000. The van der Waals surface area contributed by atoms with E-state index >= 15 is 0 Å². The topological polar surface area (TPSA) is 92.3 Å². The van der Waals surface area contributed by atoms with Crippen LogP contribution in [0, 0.1) is 0 Å². The number of amides is 2. The summed E-state index contributed by atoms with van der Waals surface area (Å²) < 4.78 is 5.23. The van der Waals surface area contributed by atoms with Crippen LogP contribution in [-0.2, 0) is 0 Å². The molecule has 2 amide bonds. The van der Waals surface area contributed by atoms with Crippen molar-refractivity contribution in [3.05, 3.63) is 71.9 Å². The normalized spacial score (nSPS) is 18.3. The molecule has 9 heteroatoms. The first kappa shape index (κ1) is 20.9. The third-order valence-corrected chi connectivity index (χ3v) is 5.53. The molecule has 0 aliphatic carbocycles. The van der Waals surface area contributed by atoms with Gasteiger partial charge in [-0.05, 0) is 42.8 Å². The monoisotopic (exact) mass is 438 g/mol. The van der Waals surface area contributed by atoms with Gasteiger partial charge in [0.15, 0.2) is 0 Å². The maximum absolute atomic E-state index is 12.7. The number of rotatable bonds is 5. The fraction of sp³-hybridized carbons (Fsp3) is 0.273. The van der Waals surface area contributed by atoms with Gasteiger partial charge in [0.25, 0.3) is 0 Å². The van der Waals surface area contributed by atoms with E-state index in [0.717, 1.165) is 24.5 Å². The summed E-state index contributed by atoms with van der Waals surface area (Å²) >= 11 is 5.92. The smallest absolute Gasteiger partial charge is 0.319 e. The van der Waals surface area contributed by atoms with Crippen LogP contribution in [0.4, 0.5) is 16.3 Å². The molecule has 2 unspecified atom stereocenters. The Hall–Kier alpha value is -3.39. The number of halogens is 1. The molecular weight excluding hydrogens is 416 g/mol. The largest absolute Gasteiger partial charge is 0.495 e. The van der Waals surface area contributed by atoms with Gasteiger partial charge in [0.2, 0.25) is 0 Å². The minimum Gasteiger partial charge on any atom is -0.495 e. The lowest BCUT2D eigenvalue weighted by Crippen LogP contribution is -2.51. The first-order valence-corrected chi connectivity index (χ1v) is 10.3. The van der Waals surface area contributed by atoms with Crippen LogP contribution in [0.2, 0.25) is 5.02 Å². The number of anilines is 2. The Morgan fingerprint density at radius 3 is 2.65 bits per heavy atom. The summed E-state index contributed by atoms with van der Waals surface area (Å²) in [5.41, 5.74) is 1.56. The highest BCUT2D eigenvalue weighted by Crippen LogP contribution is 2.29. The van der Waals surface area contributed by atoms with Gasteiger partial charge in [-0.25, -0.2) is 9.78 Å². The number of benzene rings is 1. The van der Waals surface area contributed by atoms with Gasteiger partial charge in [-0.2, -0.15) is 0 Å². The summed E-state index contributed by atoms with van der Waals surface area (Å²) in [6, 6.07) is 10.5. The summed E-state index contributed by atoms with van der Waals surface area (Å²) in [5, 5.41) is 6.60. The highest BCUT2D eigenvalue weighted by molar-refractivity contribution is 6.30. The van der Waals surface area contributed by atoms with Crippen molar-refractivity contribution in [2.45, 2.75) is 18.4 Å². The van der Waals surface area contributed by atoms with E-state index < -0.39 is 0 Å². The number of urea groups is 1. The second kappa shape index (κ2) is 9.61. The van der Waals surface area contributed by atoms with Crippen molar-refractivity contribution in [1.29, 1.82) is 0 Å². The van der Waals surface area contributed by atoms with Gasteiger partial charge in [0.05, 0.1) is 19.5 Å². The number of pyridine rings is 1. The molecule has 8 nitrogen and oxygen atoms in total. The standard InChI is InChI=1S/C22H23ClN6O2/c1-31-17-6-7-19(26-12-17)18-14-29(21-13-24-9-10-25-21)11-8-20(18)28-22(30)27-16-4-2-15(23)3-5-16/h2-7,9-10,12-13,18,20H,8,11,14H2,1H3,(H2,27,28,30). The zero-order chi connectivity index (χ0) is 21.6. The molecule has 2 aromatic heterocycles. The number of ether oxygens (including phenoxy) is 1. The van der Waals surface area contributed by atoms with Crippen molar-refractivity contribution in [3.8, 4) is 5.75 Å². The van der Waals surface area contributed by atoms with Gasteiger partial charge in [-0.3, -0.25) is 9.97 Å². The minimum absolute atomic E-state index is 0.0300. The minimum atomic E-state index is -0.265. The number of aromatic nitrogens is 3. The van der Waals surface area contributed by atoms with E-state index in [4.69, 9.17) is 16.3 Å². The van der Waals surface area contributed by atoms with E-state index in [1.54, 1.807) is 56.2 Å². The van der Waals surface area contributed by atoms with E-state index in [0.29, 0.717) is 23.0 Å². The summed E-state index contributed by atoms with van der Waals surface area (Å²) in [7, 11) is 1.61. The fourth-order valence-corrected chi connectivity index (χ4v) is 3.81. The number of methoxy groups -OCH3 is 1. The molecule has 3 heterocycles. The van der Waals surface area contributed by atoms with Crippen LogP contribution < -0.4 is 20.3 Å². The molecule has 0 radical (unpaired) electrons. The van der Waals surface area contributed by atoms with Gasteiger partial charge in [0, 0.05) is 53.8 Å². The van der Waals surface area contributed by atoms with Crippen molar-refractivity contribution in [1.82, 2.24) is 20.3 Å². The molecule has 0 saturated carbocycles. The van der Waals surface area contributed by atoms with Gasteiger partial charge in [-0.15, -0.1) is 0 Å². The molecule has 1 aromatic carbocycles. The second-order valence-corrected chi connectivity index (χ2v) is 7.68. The second-order valence-electron chi connectivity index (χ2n) is 7.24. The first-order valence-electron chi connectivity index (χ1n) is 9.96. The van der Waals surface area contributed by atoms with Gasteiger partial charge < -0.3 is 20.3 Å². The first-order chi connectivity index (χ1) is 15.1. The molecule has 0 bridgehead atoms. The summed E-state index contributed by atoms with van der Waals surface area (Å²) in [4.78, 5) is 28.0. The van der Waals surface area contributed by atoms with Crippen LogP contribution in [0.15, 0.2) is 61.2 Å². The Morgan fingerprint density at radius 1 is 1.13 bits per heavy atom. The summed E-state index contributed by atoms with van der Waals surface area (Å²) in [6.45, 7) is 1.40. The highest BCUT2D eigenvalue weighted by atomic mass is 35.5. The van der Waals surface area contributed by atoms with Crippen molar-refractivity contribution < 1.29 is 9.53 Å². The van der Waals surface area contributed by atoms with Gasteiger partial charge in [-0.1, -0.05) is 11.6 Å². The average Bonchev–Trinajstić information content (AvgIpc) is 2.81. The number of hydrogen-bond acceptors (Lipinski definition) is 6. The molecule has 2 atom stereocenters. The number of piperidine rings is 1. The van der Waals surface area contributed by atoms with E-state index in [-0.39, 0.29) is 18.0 Å². The highest BCUT2D eigenvalue weighted by Gasteiger charge is 2.33.